The molecule has 7 heteroatoms. The summed E-state index contributed by atoms with van der Waals surface area (Å²) in [4.78, 5) is 23.7. The monoisotopic (exact) mass is 489 g/mol. The molecular weight excluding hydrogens is 473 g/mol. The maximum atomic E-state index is 13.6. The summed E-state index contributed by atoms with van der Waals surface area (Å²) in [5, 5.41) is 3.39. The number of hydrogen-bond acceptors (Lipinski definition) is 3. The van der Waals surface area contributed by atoms with Gasteiger partial charge in [0.2, 0.25) is 5.91 Å². The molecule has 3 aromatic rings. The van der Waals surface area contributed by atoms with Gasteiger partial charge in [-0.05, 0) is 48.9 Å². The third-order valence-electron chi connectivity index (χ3n) is 4.36. The molecule has 0 unspecified atom stereocenters. The van der Waals surface area contributed by atoms with E-state index in [0.717, 1.165) is 15.6 Å². The Bertz CT molecular complexity index is 1100. The average Bonchev–Trinajstić information content (AvgIpc) is 2.70. The van der Waals surface area contributed by atoms with Crippen LogP contribution in [0, 0.1) is 5.82 Å². The molecule has 30 heavy (non-hydrogen) atoms. The number of carbonyl (C=O) groups excluding carboxylic acids is 2. The van der Waals surface area contributed by atoms with E-state index >= 15 is 0 Å². The third-order valence-corrected chi connectivity index (χ3v) is 5.46. The molecule has 0 heterocycles. The molecule has 0 aliphatic rings. The molecule has 0 bridgehead atoms. The first-order valence-corrected chi connectivity index (χ1v) is 10.3. The summed E-state index contributed by atoms with van der Waals surface area (Å²) < 4.78 is 20.1. The second-order valence-corrected chi connectivity index (χ2v) is 7.87. The van der Waals surface area contributed by atoms with Crippen LogP contribution in [-0.2, 0) is 17.8 Å². The predicted molar refractivity (Wildman–Crippen MR) is 119 cm³/mol. The van der Waals surface area contributed by atoms with Gasteiger partial charge in [-0.2, -0.15) is 0 Å². The van der Waals surface area contributed by atoms with Crippen molar-refractivity contribution >= 4 is 44.9 Å². The van der Waals surface area contributed by atoms with Gasteiger partial charge in [0.25, 0.3) is 0 Å². The van der Waals surface area contributed by atoms with Gasteiger partial charge in [0.05, 0.1) is 12.0 Å². The minimum atomic E-state index is -0.576. The highest BCUT2D eigenvalue weighted by Crippen LogP contribution is 2.25. The molecule has 0 saturated heterocycles. The normalized spacial score (nSPS) is 10.5. The Balaban J connectivity index is 1.63. The van der Waals surface area contributed by atoms with Gasteiger partial charge in [-0.3, -0.25) is 9.59 Å². The molecule has 0 radical (unpaired) electrons. The number of Topliss-reactive ketones (excluding diaryl/α,β-unsaturated/α-hetero) is 1. The molecule has 0 aliphatic heterocycles. The number of hydrogen-bond donors (Lipinski definition) is 1. The molecule has 0 spiro atoms. The number of nitrogens with one attached hydrogen (secondary N) is 1. The highest BCUT2D eigenvalue weighted by molar-refractivity contribution is 9.10. The van der Waals surface area contributed by atoms with Crippen LogP contribution < -0.4 is 10.1 Å². The van der Waals surface area contributed by atoms with Gasteiger partial charge in [-0.15, -0.1) is 0 Å². The maximum Gasteiger partial charge on any atom is 0.228 e. The standard InChI is InChI=1S/C23H18BrClFNO3/c1-14(28)19-12-18(8-9-22(19)26)30-13-16-6-7-17(11-20(16)24)27-23(29)10-15-4-2-3-5-21(15)25/h2-9,11-12H,10,13H2,1H3,(H,27,29). The lowest BCUT2D eigenvalue weighted by Crippen LogP contribution is -2.14. The fourth-order valence-electron chi connectivity index (χ4n) is 2.79. The van der Waals surface area contributed by atoms with E-state index in [1.807, 2.05) is 24.3 Å². The molecule has 1 N–H and O–H groups in total. The van der Waals surface area contributed by atoms with Crippen LogP contribution in [0.15, 0.2) is 65.1 Å². The van der Waals surface area contributed by atoms with Gasteiger partial charge in [-0.1, -0.05) is 51.8 Å². The zero-order valence-electron chi connectivity index (χ0n) is 16.0. The van der Waals surface area contributed by atoms with E-state index in [2.05, 4.69) is 21.2 Å². The van der Waals surface area contributed by atoms with E-state index in [0.29, 0.717) is 16.5 Å². The average molecular weight is 491 g/mol. The molecule has 0 saturated carbocycles. The van der Waals surface area contributed by atoms with E-state index in [1.54, 1.807) is 18.2 Å². The molecule has 0 fully saturated rings. The minimum absolute atomic E-state index is 0.0110. The van der Waals surface area contributed by atoms with Crippen molar-refractivity contribution < 1.29 is 18.7 Å². The molecule has 0 aromatic heterocycles. The number of rotatable bonds is 7. The van der Waals surface area contributed by atoms with Crippen molar-refractivity contribution in [3.63, 3.8) is 0 Å². The van der Waals surface area contributed by atoms with Crippen LogP contribution in [-0.4, -0.2) is 11.7 Å². The van der Waals surface area contributed by atoms with E-state index in [9.17, 15) is 14.0 Å². The molecule has 154 valence electrons. The summed E-state index contributed by atoms with van der Waals surface area (Å²) in [6, 6.07) is 16.6. The van der Waals surface area contributed by atoms with Crippen molar-refractivity contribution in [1.29, 1.82) is 0 Å². The summed E-state index contributed by atoms with van der Waals surface area (Å²) in [5.74, 6) is -0.725. The lowest BCUT2D eigenvalue weighted by Gasteiger charge is -2.11. The summed E-state index contributed by atoms with van der Waals surface area (Å²) in [5.41, 5.74) is 2.20. The Morgan fingerprint density at radius 1 is 1.07 bits per heavy atom. The molecule has 1 amide bonds. The molecule has 3 aromatic carbocycles. The Hall–Kier alpha value is -2.70. The largest absolute Gasteiger partial charge is 0.489 e. The van der Waals surface area contributed by atoms with Crippen molar-refractivity contribution in [1.82, 2.24) is 0 Å². The third kappa shape index (κ3) is 5.68. The number of carbonyl (C=O) groups is 2. The van der Waals surface area contributed by atoms with E-state index in [4.69, 9.17) is 16.3 Å². The zero-order chi connectivity index (χ0) is 21.7. The molecule has 0 aliphatic carbocycles. The summed E-state index contributed by atoms with van der Waals surface area (Å²) in [6.07, 6.45) is 0.172. The van der Waals surface area contributed by atoms with Gasteiger partial charge in [0, 0.05) is 20.7 Å². The van der Waals surface area contributed by atoms with Crippen molar-refractivity contribution in [2.75, 3.05) is 5.32 Å². The maximum absolute atomic E-state index is 13.6. The number of anilines is 1. The topological polar surface area (TPSA) is 55.4 Å². The van der Waals surface area contributed by atoms with E-state index < -0.39 is 5.82 Å². The number of halogens is 3. The minimum Gasteiger partial charge on any atom is -0.489 e. The first-order chi connectivity index (χ1) is 14.3. The Kier molecular flexibility index (Phi) is 7.24. The zero-order valence-corrected chi connectivity index (χ0v) is 18.4. The second kappa shape index (κ2) is 9.87. The van der Waals surface area contributed by atoms with E-state index in [-0.39, 0.29) is 30.3 Å². The van der Waals surface area contributed by atoms with Gasteiger partial charge in [-0.25, -0.2) is 4.39 Å². The summed E-state index contributed by atoms with van der Waals surface area (Å²) >= 11 is 9.57. The van der Waals surface area contributed by atoms with Crippen molar-refractivity contribution in [2.24, 2.45) is 0 Å². The number of ether oxygens (including phenoxy) is 1. The fraction of sp³-hybridized carbons (Fsp3) is 0.130. The van der Waals surface area contributed by atoms with Crippen LogP contribution in [0.5, 0.6) is 5.75 Å². The van der Waals surface area contributed by atoms with Gasteiger partial charge in [0.15, 0.2) is 5.78 Å². The first-order valence-electron chi connectivity index (χ1n) is 9.08. The number of ketones is 1. The predicted octanol–water partition coefficient (Wildman–Crippen LogP) is 6.20. The highest BCUT2D eigenvalue weighted by Gasteiger charge is 2.11. The van der Waals surface area contributed by atoms with Crippen molar-refractivity contribution in [3.05, 3.63) is 92.7 Å². The van der Waals surface area contributed by atoms with Crippen LogP contribution in [0.1, 0.15) is 28.4 Å². The summed E-state index contributed by atoms with van der Waals surface area (Å²) in [6.45, 7) is 1.51. The SMILES string of the molecule is CC(=O)c1cc(OCc2ccc(NC(=O)Cc3ccccc3Cl)cc2Br)ccc1F. The van der Waals surface area contributed by atoms with Gasteiger partial charge >= 0.3 is 0 Å². The quantitative estimate of drug-likeness (QED) is 0.401. The van der Waals surface area contributed by atoms with Crippen LogP contribution in [0.25, 0.3) is 0 Å². The van der Waals surface area contributed by atoms with Gasteiger partial charge in [0.1, 0.15) is 18.2 Å². The highest BCUT2D eigenvalue weighted by atomic mass is 79.9. The summed E-state index contributed by atoms with van der Waals surface area (Å²) in [7, 11) is 0. The van der Waals surface area contributed by atoms with Crippen LogP contribution in [0.3, 0.4) is 0 Å². The van der Waals surface area contributed by atoms with Crippen molar-refractivity contribution in [3.8, 4) is 5.75 Å². The van der Waals surface area contributed by atoms with Crippen molar-refractivity contribution in [2.45, 2.75) is 20.0 Å². The smallest absolute Gasteiger partial charge is 0.228 e. The van der Waals surface area contributed by atoms with Gasteiger partial charge < -0.3 is 10.1 Å². The molecule has 0 atom stereocenters. The molecule has 3 rings (SSSR count). The first kappa shape index (κ1) is 22.0. The Morgan fingerprint density at radius 2 is 1.83 bits per heavy atom. The fourth-order valence-corrected chi connectivity index (χ4v) is 3.48. The number of benzene rings is 3. The second-order valence-electron chi connectivity index (χ2n) is 6.61. The lowest BCUT2D eigenvalue weighted by atomic mass is 10.1. The van der Waals surface area contributed by atoms with Crippen LogP contribution >= 0.6 is 27.5 Å². The Morgan fingerprint density at radius 3 is 2.53 bits per heavy atom. The van der Waals surface area contributed by atoms with Crippen LogP contribution in [0.4, 0.5) is 10.1 Å². The van der Waals surface area contributed by atoms with Crippen LogP contribution in [0.2, 0.25) is 5.02 Å². The molecule has 4 nitrogen and oxygen atoms in total. The number of amides is 1. The molecular formula is C23H18BrClFNO3. The lowest BCUT2D eigenvalue weighted by molar-refractivity contribution is -0.115. The Labute approximate surface area is 187 Å². The van der Waals surface area contributed by atoms with E-state index in [1.165, 1.54) is 25.1 Å².